The minimum absolute atomic E-state index is 0.0362. The third-order valence-corrected chi connectivity index (χ3v) is 7.46. The highest BCUT2D eigenvalue weighted by atomic mass is 32.1. The minimum atomic E-state index is -0.812. The van der Waals surface area contributed by atoms with Gasteiger partial charge in [-0.2, -0.15) is 0 Å². The fraction of sp³-hybridized carbons (Fsp3) is 0.233. The number of anilines is 1. The lowest BCUT2D eigenvalue weighted by Gasteiger charge is -2.23. The number of nitrogens with zero attached hydrogens (tertiary/aromatic N) is 2. The number of unbranched alkanes of at least 4 members (excludes halogenated alkanes) is 1. The van der Waals surface area contributed by atoms with Gasteiger partial charge >= 0.3 is 5.91 Å². The number of thiazole rings is 1. The predicted octanol–water partition coefficient (Wildman–Crippen LogP) is 6.72. The average Bonchev–Trinajstić information content (AvgIpc) is 3.43. The summed E-state index contributed by atoms with van der Waals surface area (Å²) in [6, 6.07) is 19.5. The van der Waals surface area contributed by atoms with Crippen molar-refractivity contribution in [1.82, 2.24) is 4.98 Å². The van der Waals surface area contributed by atoms with Gasteiger partial charge in [0.15, 0.2) is 5.13 Å². The molecule has 3 aromatic carbocycles. The van der Waals surface area contributed by atoms with E-state index in [0.717, 1.165) is 34.2 Å². The van der Waals surface area contributed by atoms with Crippen LogP contribution in [0.5, 0.6) is 5.75 Å². The maximum absolute atomic E-state index is 13.5. The molecule has 7 heteroatoms. The molecule has 1 unspecified atom stereocenters. The zero-order chi connectivity index (χ0) is 26.1. The highest BCUT2D eigenvalue weighted by molar-refractivity contribution is 7.22. The van der Waals surface area contributed by atoms with Gasteiger partial charge in [0.05, 0.1) is 28.4 Å². The van der Waals surface area contributed by atoms with Crippen LogP contribution >= 0.6 is 11.3 Å². The Kier molecular flexibility index (Phi) is 6.80. The molecule has 1 aliphatic heterocycles. The first-order valence-corrected chi connectivity index (χ1v) is 13.2. The third kappa shape index (κ3) is 4.62. The second-order valence-corrected chi connectivity index (χ2v) is 10.2. The predicted molar refractivity (Wildman–Crippen MR) is 147 cm³/mol. The summed E-state index contributed by atoms with van der Waals surface area (Å²) in [6.07, 6.45) is 1.92. The number of benzene rings is 3. The van der Waals surface area contributed by atoms with Gasteiger partial charge in [0, 0.05) is 5.56 Å². The van der Waals surface area contributed by atoms with Crippen molar-refractivity contribution in [2.45, 2.75) is 39.7 Å². The summed E-state index contributed by atoms with van der Waals surface area (Å²) < 4.78 is 6.74. The fourth-order valence-electron chi connectivity index (χ4n) is 4.67. The molecule has 1 saturated heterocycles. The van der Waals surface area contributed by atoms with Crippen molar-refractivity contribution >= 4 is 44.1 Å². The third-order valence-electron chi connectivity index (χ3n) is 6.46. The molecule has 0 spiro atoms. The summed E-state index contributed by atoms with van der Waals surface area (Å²) in [4.78, 5) is 33.1. The largest absolute Gasteiger partial charge is 0.507 e. The Morgan fingerprint density at radius 2 is 1.84 bits per heavy atom. The number of hydrogen-bond acceptors (Lipinski definition) is 6. The number of aromatic nitrogens is 1. The van der Waals surface area contributed by atoms with Gasteiger partial charge in [0.1, 0.15) is 11.5 Å². The van der Waals surface area contributed by atoms with Crippen LogP contribution < -0.4 is 9.64 Å². The first-order chi connectivity index (χ1) is 17.9. The van der Waals surface area contributed by atoms with Gasteiger partial charge in [-0.05, 0) is 55.2 Å². The standard InChI is InChI=1S/C30H28N2O4S/c1-4-5-14-36-22-13-9-12-21(17-22)27(33)24-26(20-10-7-6-8-11-20)32(29(35)28(24)34)30-31-25-19(3)15-18(2)16-23(25)37-30/h6-13,15-17,26,33H,4-5,14H2,1-3H3. The van der Waals surface area contributed by atoms with Gasteiger partial charge in [0.2, 0.25) is 0 Å². The zero-order valence-electron chi connectivity index (χ0n) is 21.0. The normalized spacial score (nSPS) is 17.1. The number of amides is 1. The maximum Gasteiger partial charge on any atom is 0.301 e. The number of aryl methyl sites for hydroxylation is 2. The SMILES string of the molecule is CCCCOc1cccc(C(O)=C2C(=O)C(=O)N(c3nc4c(C)cc(C)cc4s3)C2c2ccccc2)c1. The van der Waals surface area contributed by atoms with Gasteiger partial charge in [-0.3, -0.25) is 14.5 Å². The zero-order valence-corrected chi connectivity index (χ0v) is 21.8. The summed E-state index contributed by atoms with van der Waals surface area (Å²) in [5.74, 6) is -1.08. The first-order valence-electron chi connectivity index (χ1n) is 12.4. The number of fused-ring (bicyclic) bond motifs is 1. The molecule has 1 N–H and O–H groups in total. The second kappa shape index (κ2) is 10.2. The molecular formula is C30H28N2O4S. The van der Waals surface area contributed by atoms with E-state index >= 15 is 0 Å². The van der Waals surface area contributed by atoms with Crippen LogP contribution in [0.2, 0.25) is 0 Å². The second-order valence-electron chi connectivity index (χ2n) is 9.23. The summed E-state index contributed by atoms with van der Waals surface area (Å²) in [5.41, 5.74) is 4.08. The van der Waals surface area contributed by atoms with Crippen molar-refractivity contribution in [3.8, 4) is 5.75 Å². The first kappa shape index (κ1) is 24.7. The molecule has 0 saturated carbocycles. The highest BCUT2D eigenvalue weighted by Gasteiger charge is 2.48. The summed E-state index contributed by atoms with van der Waals surface area (Å²) in [5, 5.41) is 11.9. The molecule has 37 heavy (non-hydrogen) atoms. The molecule has 188 valence electrons. The lowest BCUT2D eigenvalue weighted by Crippen LogP contribution is -2.29. The van der Waals surface area contributed by atoms with Crippen LogP contribution in [-0.4, -0.2) is 28.4 Å². The fourth-order valence-corrected chi connectivity index (χ4v) is 5.83. The molecule has 1 amide bonds. The molecule has 2 heterocycles. The molecule has 4 aromatic rings. The Hall–Kier alpha value is -3.97. The summed E-state index contributed by atoms with van der Waals surface area (Å²) in [7, 11) is 0. The Morgan fingerprint density at radius 1 is 1.05 bits per heavy atom. The number of Topliss-reactive ketones (excluding diaryl/α,β-unsaturated/α-hetero) is 1. The quantitative estimate of drug-likeness (QED) is 0.129. The van der Waals surface area contributed by atoms with E-state index in [1.165, 1.54) is 16.2 Å². The van der Waals surface area contributed by atoms with Crippen molar-refractivity contribution in [3.05, 3.63) is 94.6 Å². The number of aliphatic hydroxyl groups is 1. The molecule has 1 atom stereocenters. The van der Waals surface area contributed by atoms with Crippen LogP contribution in [0.3, 0.4) is 0 Å². The van der Waals surface area contributed by atoms with E-state index in [4.69, 9.17) is 9.72 Å². The molecular weight excluding hydrogens is 484 g/mol. The number of rotatable bonds is 7. The molecule has 5 rings (SSSR count). The van der Waals surface area contributed by atoms with Gasteiger partial charge in [-0.1, -0.05) is 73.2 Å². The van der Waals surface area contributed by atoms with Crippen molar-refractivity contribution in [2.75, 3.05) is 11.5 Å². The van der Waals surface area contributed by atoms with E-state index in [9.17, 15) is 14.7 Å². The molecule has 0 aliphatic carbocycles. The highest BCUT2D eigenvalue weighted by Crippen LogP contribution is 2.44. The summed E-state index contributed by atoms with van der Waals surface area (Å²) in [6.45, 7) is 6.65. The maximum atomic E-state index is 13.5. The van der Waals surface area contributed by atoms with Crippen LogP contribution in [0, 0.1) is 13.8 Å². The van der Waals surface area contributed by atoms with Gasteiger partial charge < -0.3 is 9.84 Å². The molecule has 6 nitrogen and oxygen atoms in total. The summed E-state index contributed by atoms with van der Waals surface area (Å²) >= 11 is 1.37. The Morgan fingerprint density at radius 3 is 2.59 bits per heavy atom. The number of ether oxygens (including phenoxy) is 1. The molecule has 1 aliphatic rings. The van der Waals surface area contributed by atoms with Crippen molar-refractivity contribution in [1.29, 1.82) is 0 Å². The van der Waals surface area contributed by atoms with Crippen molar-refractivity contribution in [3.63, 3.8) is 0 Å². The van der Waals surface area contributed by atoms with E-state index in [2.05, 4.69) is 6.92 Å². The lowest BCUT2D eigenvalue weighted by molar-refractivity contribution is -0.132. The molecule has 0 bridgehead atoms. The van der Waals surface area contributed by atoms with Gasteiger partial charge in [-0.25, -0.2) is 4.98 Å². The Labute approximate surface area is 219 Å². The Balaban J connectivity index is 1.65. The molecule has 1 fully saturated rings. The topological polar surface area (TPSA) is 79.7 Å². The van der Waals surface area contributed by atoms with E-state index in [0.29, 0.717) is 28.6 Å². The van der Waals surface area contributed by atoms with Crippen LogP contribution in [0.25, 0.3) is 16.0 Å². The van der Waals surface area contributed by atoms with E-state index in [-0.39, 0.29) is 11.3 Å². The molecule has 0 radical (unpaired) electrons. The number of aliphatic hydroxyl groups excluding tert-OH is 1. The van der Waals surface area contributed by atoms with E-state index in [1.807, 2.05) is 62.4 Å². The average molecular weight is 513 g/mol. The molecule has 1 aromatic heterocycles. The smallest absolute Gasteiger partial charge is 0.301 e. The van der Waals surface area contributed by atoms with Crippen molar-refractivity contribution in [2.24, 2.45) is 0 Å². The minimum Gasteiger partial charge on any atom is -0.507 e. The number of carbonyl (C=O) groups excluding carboxylic acids is 2. The van der Waals surface area contributed by atoms with Crippen LogP contribution in [-0.2, 0) is 9.59 Å². The van der Waals surface area contributed by atoms with Gasteiger partial charge in [0.25, 0.3) is 5.78 Å². The van der Waals surface area contributed by atoms with Crippen LogP contribution in [0.15, 0.2) is 72.3 Å². The Bertz CT molecular complexity index is 1520. The van der Waals surface area contributed by atoms with Crippen LogP contribution in [0.1, 0.15) is 48.1 Å². The number of ketones is 1. The van der Waals surface area contributed by atoms with Crippen LogP contribution in [0.4, 0.5) is 5.13 Å². The number of carbonyl (C=O) groups is 2. The van der Waals surface area contributed by atoms with Gasteiger partial charge in [-0.15, -0.1) is 0 Å². The van der Waals surface area contributed by atoms with E-state index < -0.39 is 17.7 Å². The monoisotopic (exact) mass is 512 g/mol. The van der Waals surface area contributed by atoms with E-state index in [1.54, 1.807) is 18.2 Å². The number of hydrogen-bond donors (Lipinski definition) is 1. The lowest BCUT2D eigenvalue weighted by atomic mass is 9.95. The van der Waals surface area contributed by atoms with Crippen molar-refractivity contribution < 1.29 is 19.4 Å².